The molecule has 1 aliphatic rings. The minimum Gasteiger partial charge on any atom is -0.352 e. The highest BCUT2D eigenvalue weighted by molar-refractivity contribution is 6.32. The molecule has 17 heavy (non-hydrogen) atoms. The number of nitrogens with one attached hydrogen (secondary N) is 1. The van der Waals surface area contributed by atoms with E-state index in [1.807, 2.05) is 0 Å². The van der Waals surface area contributed by atoms with Crippen molar-refractivity contribution < 1.29 is 0 Å². The van der Waals surface area contributed by atoms with Crippen molar-refractivity contribution in [2.75, 3.05) is 37.0 Å². The van der Waals surface area contributed by atoms with E-state index in [9.17, 15) is 0 Å². The molecule has 0 spiro atoms. The van der Waals surface area contributed by atoms with Gasteiger partial charge in [-0.2, -0.15) is 4.98 Å². The molecule has 2 heterocycles. The third-order valence-corrected chi connectivity index (χ3v) is 3.38. The Balaban J connectivity index is 2.21. The Kier molecular flexibility index (Phi) is 3.66. The highest BCUT2D eigenvalue weighted by atomic mass is 35.5. The van der Waals surface area contributed by atoms with Gasteiger partial charge in [0.25, 0.3) is 0 Å². The number of nitrogens with two attached hydrogens (primary N) is 1. The molecule has 7 heteroatoms. The molecule has 1 fully saturated rings. The number of halogens is 1. The largest absolute Gasteiger partial charge is 0.352 e. The molecule has 0 aliphatic carbocycles. The monoisotopic (exact) mass is 256 g/mol. The van der Waals surface area contributed by atoms with Crippen molar-refractivity contribution in [2.24, 2.45) is 5.84 Å². The van der Waals surface area contributed by atoms with E-state index in [1.54, 1.807) is 6.20 Å². The van der Waals surface area contributed by atoms with Crippen molar-refractivity contribution in [3.63, 3.8) is 0 Å². The molecule has 1 saturated heterocycles. The van der Waals surface area contributed by atoms with Crippen molar-refractivity contribution in [1.29, 1.82) is 0 Å². The molecule has 1 unspecified atom stereocenters. The van der Waals surface area contributed by atoms with Gasteiger partial charge in [0.15, 0.2) is 5.82 Å². The topological polar surface area (TPSA) is 70.3 Å². The third kappa shape index (κ3) is 2.59. The molecule has 1 atom stereocenters. The quantitative estimate of drug-likeness (QED) is 0.595. The highest BCUT2D eigenvalue weighted by Gasteiger charge is 2.23. The molecule has 94 valence electrons. The summed E-state index contributed by atoms with van der Waals surface area (Å²) in [7, 11) is 2.12. The van der Waals surface area contributed by atoms with E-state index in [-0.39, 0.29) is 0 Å². The Morgan fingerprint density at radius 3 is 2.94 bits per heavy atom. The summed E-state index contributed by atoms with van der Waals surface area (Å²) < 4.78 is 0. The van der Waals surface area contributed by atoms with Gasteiger partial charge in [0.1, 0.15) is 5.02 Å². The Morgan fingerprint density at radius 2 is 2.29 bits per heavy atom. The molecule has 6 nitrogen and oxygen atoms in total. The van der Waals surface area contributed by atoms with Crippen LogP contribution in [0.1, 0.15) is 6.92 Å². The fourth-order valence-corrected chi connectivity index (χ4v) is 2.10. The first-order valence-electron chi connectivity index (χ1n) is 5.56. The van der Waals surface area contributed by atoms with Gasteiger partial charge in [-0.3, -0.25) is 5.43 Å². The Labute approximate surface area is 106 Å². The maximum Gasteiger partial charge on any atom is 0.239 e. The lowest BCUT2D eigenvalue weighted by Crippen LogP contribution is -2.50. The van der Waals surface area contributed by atoms with Gasteiger partial charge < -0.3 is 9.80 Å². The van der Waals surface area contributed by atoms with E-state index >= 15 is 0 Å². The fraction of sp³-hybridized carbons (Fsp3) is 0.600. The summed E-state index contributed by atoms with van der Waals surface area (Å²) in [5, 5.41) is 0.556. The maximum atomic E-state index is 6.12. The smallest absolute Gasteiger partial charge is 0.239 e. The molecule has 0 radical (unpaired) electrons. The number of likely N-dealkylation sites (N-methyl/N-ethyl adjacent to an activating group) is 1. The summed E-state index contributed by atoms with van der Waals surface area (Å²) in [6.07, 6.45) is 1.57. The predicted molar refractivity (Wildman–Crippen MR) is 69.2 cm³/mol. The van der Waals surface area contributed by atoms with Crippen molar-refractivity contribution in [1.82, 2.24) is 14.9 Å². The number of piperazine rings is 1. The second-order valence-corrected chi connectivity index (χ2v) is 4.69. The number of rotatable bonds is 2. The molecule has 1 aromatic heterocycles. The molecule has 1 aliphatic heterocycles. The average molecular weight is 257 g/mol. The van der Waals surface area contributed by atoms with Gasteiger partial charge in [-0.05, 0) is 14.0 Å². The molecule has 0 bridgehead atoms. The number of anilines is 2. The number of hydrogen-bond donors (Lipinski definition) is 2. The van der Waals surface area contributed by atoms with Crippen LogP contribution in [0.4, 0.5) is 11.8 Å². The number of nitrogen functional groups attached to an aromatic ring is 1. The van der Waals surface area contributed by atoms with E-state index in [0.717, 1.165) is 25.5 Å². The summed E-state index contributed by atoms with van der Waals surface area (Å²) in [5.74, 6) is 6.43. The number of hydrogen-bond acceptors (Lipinski definition) is 6. The number of aromatic nitrogens is 2. The van der Waals surface area contributed by atoms with Gasteiger partial charge in [0.2, 0.25) is 5.95 Å². The van der Waals surface area contributed by atoms with E-state index in [1.165, 1.54) is 0 Å². The number of nitrogens with zero attached hydrogens (tertiary/aromatic N) is 4. The SMILES string of the molecule is CC1CN(c2nc(NN)ncc2Cl)CCN1C. The first kappa shape index (κ1) is 12.3. The molecule has 2 rings (SSSR count). The Hall–Kier alpha value is -1.11. The summed E-state index contributed by atoms with van der Waals surface area (Å²) in [4.78, 5) is 12.7. The van der Waals surface area contributed by atoms with E-state index < -0.39 is 0 Å². The first-order chi connectivity index (χ1) is 8.11. The Bertz CT molecular complexity index is 398. The van der Waals surface area contributed by atoms with Crippen molar-refractivity contribution in [3.05, 3.63) is 11.2 Å². The van der Waals surface area contributed by atoms with Gasteiger partial charge >= 0.3 is 0 Å². The van der Waals surface area contributed by atoms with Crippen molar-refractivity contribution in [3.8, 4) is 0 Å². The van der Waals surface area contributed by atoms with Crippen LogP contribution in [0.25, 0.3) is 0 Å². The van der Waals surface area contributed by atoms with Gasteiger partial charge in [-0.1, -0.05) is 11.6 Å². The Morgan fingerprint density at radius 1 is 1.53 bits per heavy atom. The summed E-state index contributed by atoms with van der Waals surface area (Å²) in [6.45, 7) is 4.98. The zero-order chi connectivity index (χ0) is 12.4. The average Bonchev–Trinajstić information content (AvgIpc) is 2.33. The summed E-state index contributed by atoms with van der Waals surface area (Å²) >= 11 is 6.12. The molecule has 1 aromatic rings. The molecular weight excluding hydrogens is 240 g/mol. The fourth-order valence-electron chi connectivity index (χ4n) is 1.89. The lowest BCUT2D eigenvalue weighted by atomic mass is 10.2. The first-order valence-corrected chi connectivity index (χ1v) is 5.94. The van der Waals surface area contributed by atoms with Gasteiger partial charge in [0.05, 0.1) is 6.20 Å². The summed E-state index contributed by atoms with van der Waals surface area (Å²) in [5.41, 5.74) is 2.44. The minimum absolute atomic E-state index is 0.385. The van der Waals surface area contributed by atoms with E-state index in [2.05, 4.69) is 39.2 Å². The molecular formula is C10H17ClN6. The lowest BCUT2D eigenvalue weighted by Gasteiger charge is -2.38. The van der Waals surface area contributed by atoms with Gasteiger partial charge in [-0.15, -0.1) is 0 Å². The zero-order valence-electron chi connectivity index (χ0n) is 10.0. The minimum atomic E-state index is 0.385. The third-order valence-electron chi connectivity index (χ3n) is 3.11. The number of hydrazine groups is 1. The van der Waals surface area contributed by atoms with Crippen LogP contribution in [-0.2, 0) is 0 Å². The molecule has 0 amide bonds. The molecule has 0 saturated carbocycles. The van der Waals surface area contributed by atoms with Crippen molar-refractivity contribution >= 4 is 23.4 Å². The van der Waals surface area contributed by atoms with Crippen LogP contribution in [0.3, 0.4) is 0 Å². The van der Waals surface area contributed by atoms with Crippen LogP contribution in [0.2, 0.25) is 5.02 Å². The van der Waals surface area contributed by atoms with Crippen LogP contribution in [-0.4, -0.2) is 47.6 Å². The van der Waals surface area contributed by atoms with Crippen molar-refractivity contribution in [2.45, 2.75) is 13.0 Å². The van der Waals surface area contributed by atoms with Crippen LogP contribution >= 0.6 is 11.6 Å². The van der Waals surface area contributed by atoms with Gasteiger partial charge in [-0.25, -0.2) is 10.8 Å². The van der Waals surface area contributed by atoms with E-state index in [4.69, 9.17) is 17.4 Å². The maximum absolute atomic E-state index is 6.12. The summed E-state index contributed by atoms with van der Waals surface area (Å²) in [6, 6.07) is 0.476. The van der Waals surface area contributed by atoms with Crippen LogP contribution < -0.4 is 16.2 Å². The van der Waals surface area contributed by atoms with Gasteiger partial charge in [0, 0.05) is 25.7 Å². The van der Waals surface area contributed by atoms with E-state index in [0.29, 0.717) is 17.0 Å². The normalized spacial score (nSPS) is 21.6. The zero-order valence-corrected chi connectivity index (χ0v) is 10.8. The highest BCUT2D eigenvalue weighted by Crippen LogP contribution is 2.25. The molecule has 0 aromatic carbocycles. The second kappa shape index (κ2) is 5.03. The lowest BCUT2D eigenvalue weighted by molar-refractivity contribution is 0.233. The predicted octanol–water partition coefficient (Wildman–Crippen LogP) is 0.556. The van der Waals surface area contributed by atoms with Crippen LogP contribution in [0.5, 0.6) is 0 Å². The molecule has 3 N–H and O–H groups in total. The van der Waals surface area contributed by atoms with Crippen LogP contribution in [0, 0.1) is 0 Å². The second-order valence-electron chi connectivity index (χ2n) is 4.29. The van der Waals surface area contributed by atoms with Crippen LogP contribution in [0.15, 0.2) is 6.20 Å². The standard InChI is InChI=1S/C10H17ClN6/c1-7-6-17(4-3-16(7)2)9-8(11)5-13-10(14-9)15-12/h5,7H,3-4,6,12H2,1-2H3,(H,13,14,15).